The van der Waals surface area contributed by atoms with Crippen LogP contribution in [-0.2, 0) is 4.79 Å². The molecule has 0 amide bonds. The zero-order chi connectivity index (χ0) is 24.2. The number of allylic oxidation sites excluding steroid dienone is 1. The summed E-state index contributed by atoms with van der Waals surface area (Å²) in [5.74, 6) is -0.960. The first-order valence-corrected chi connectivity index (χ1v) is 12.2. The minimum Gasteiger partial charge on any atom is -0.478 e. The molecule has 0 aliphatic rings. The molecule has 5 heteroatoms. The maximum absolute atomic E-state index is 10.9. The topological polar surface area (TPSA) is 63.3 Å². The summed E-state index contributed by atoms with van der Waals surface area (Å²) >= 11 is 1.62. The third kappa shape index (κ3) is 4.86. The van der Waals surface area contributed by atoms with Gasteiger partial charge in [-0.25, -0.2) is 4.79 Å². The van der Waals surface area contributed by atoms with Crippen molar-refractivity contribution in [3.63, 3.8) is 0 Å². The van der Waals surface area contributed by atoms with Gasteiger partial charge in [-0.15, -0.1) is 11.3 Å². The van der Waals surface area contributed by atoms with E-state index >= 15 is 0 Å². The molecular formula is C30H23NO3S. The van der Waals surface area contributed by atoms with E-state index in [4.69, 9.17) is 9.52 Å². The predicted octanol–water partition coefficient (Wildman–Crippen LogP) is 8.02. The summed E-state index contributed by atoms with van der Waals surface area (Å²) in [5.41, 5.74) is 10.4. The molecule has 0 fully saturated rings. The van der Waals surface area contributed by atoms with E-state index in [0.717, 1.165) is 61.7 Å². The number of nitrogens with zero attached hydrogens (tertiary/aromatic N) is 1. The van der Waals surface area contributed by atoms with Gasteiger partial charge in [-0.05, 0) is 69.7 Å². The van der Waals surface area contributed by atoms with Crippen molar-refractivity contribution in [3.05, 3.63) is 119 Å². The first kappa shape index (κ1) is 22.6. The molecule has 172 valence electrons. The second-order valence-corrected chi connectivity index (χ2v) is 9.00. The Morgan fingerprint density at radius 1 is 0.971 bits per heavy atom. The summed E-state index contributed by atoms with van der Waals surface area (Å²) in [5, 5.41) is 10.0. The minimum atomic E-state index is -0.960. The van der Waals surface area contributed by atoms with Crippen LogP contribution in [0, 0.1) is 0 Å². The molecule has 0 unspecified atom stereocenters. The summed E-state index contributed by atoms with van der Waals surface area (Å²) in [6, 6.07) is 24.9. The molecule has 3 aromatic carbocycles. The van der Waals surface area contributed by atoms with Crippen LogP contribution in [0.2, 0.25) is 0 Å². The number of carbonyl (C=O) groups is 1. The first-order chi connectivity index (χ1) is 17.1. The van der Waals surface area contributed by atoms with E-state index in [0.29, 0.717) is 0 Å². The van der Waals surface area contributed by atoms with E-state index in [1.165, 1.54) is 5.57 Å². The number of hydrogen-bond acceptors (Lipinski definition) is 4. The van der Waals surface area contributed by atoms with Gasteiger partial charge >= 0.3 is 5.97 Å². The van der Waals surface area contributed by atoms with Crippen molar-refractivity contribution in [3.8, 4) is 10.4 Å². The van der Waals surface area contributed by atoms with Gasteiger partial charge in [-0.1, -0.05) is 61.5 Å². The van der Waals surface area contributed by atoms with Crippen LogP contribution < -0.4 is 0 Å². The van der Waals surface area contributed by atoms with Crippen LogP contribution in [0.4, 0.5) is 0 Å². The zero-order valence-corrected chi connectivity index (χ0v) is 20.0. The van der Waals surface area contributed by atoms with Gasteiger partial charge in [0.25, 0.3) is 0 Å². The summed E-state index contributed by atoms with van der Waals surface area (Å²) in [6.07, 6.45) is 7.20. The van der Waals surface area contributed by atoms with E-state index in [1.807, 2.05) is 36.0 Å². The zero-order valence-electron chi connectivity index (χ0n) is 19.1. The van der Waals surface area contributed by atoms with Crippen LogP contribution in [0.3, 0.4) is 0 Å². The number of rotatable bonds is 7. The van der Waals surface area contributed by atoms with Crippen LogP contribution in [0.1, 0.15) is 35.6 Å². The highest BCUT2D eigenvalue weighted by Gasteiger charge is 2.14. The Morgan fingerprint density at radius 3 is 2.34 bits per heavy atom. The molecule has 0 saturated carbocycles. The highest BCUT2D eigenvalue weighted by molar-refractivity contribution is 7.13. The summed E-state index contributed by atoms with van der Waals surface area (Å²) in [7, 11) is 0. The summed E-state index contributed by atoms with van der Waals surface area (Å²) in [6.45, 7) is 2.17. The van der Waals surface area contributed by atoms with Crippen molar-refractivity contribution in [1.29, 1.82) is 0 Å². The SMILES string of the molecule is CCC(=C(c1ccc(C=CC(=O)O)cc1)c1ccc(-c2cncs2)cc1)c1ccc2occc2c1. The highest BCUT2D eigenvalue weighted by Crippen LogP contribution is 2.36. The van der Waals surface area contributed by atoms with Crippen molar-refractivity contribution in [2.75, 3.05) is 0 Å². The summed E-state index contributed by atoms with van der Waals surface area (Å²) in [4.78, 5) is 16.2. The molecule has 35 heavy (non-hydrogen) atoms. The number of furan rings is 1. The second-order valence-electron chi connectivity index (χ2n) is 8.12. The average molecular weight is 478 g/mol. The molecule has 0 aliphatic carbocycles. The maximum atomic E-state index is 10.9. The molecular weight excluding hydrogens is 454 g/mol. The third-order valence-electron chi connectivity index (χ3n) is 5.96. The fraction of sp³-hybridized carbons (Fsp3) is 0.0667. The molecule has 2 heterocycles. The number of fused-ring (bicyclic) bond motifs is 1. The lowest BCUT2D eigenvalue weighted by molar-refractivity contribution is -0.131. The Labute approximate surface area is 207 Å². The Hall–Kier alpha value is -4.22. The number of aliphatic carboxylic acids is 1. The third-order valence-corrected chi connectivity index (χ3v) is 6.79. The molecule has 1 N–H and O–H groups in total. The van der Waals surface area contributed by atoms with Crippen LogP contribution in [0.15, 0.2) is 101 Å². The van der Waals surface area contributed by atoms with Gasteiger partial charge in [0.1, 0.15) is 5.58 Å². The monoisotopic (exact) mass is 477 g/mol. The number of aromatic nitrogens is 1. The number of carboxylic acid groups (broad SMARTS) is 1. The number of carboxylic acids is 1. The van der Waals surface area contributed by atoms with Gasteiger partial charge in [0.15, 0.2) is 0 Å². The van der Waals surface area contributed by atoms with Crippen LogP contribution in [-0.4, -0.2) is 16.1 Å². The van der Waals surface area contributed by atoms with Crippen molar-refractivity contribution < 1.29 is 14.3 Å². The lowest BCUT2D eigenvalue weighted by Crippen LogP contribution is -1.95. The largest absolute Gasteiger partial charge is 0.478 e. The molecule has 0 spiro atoms. The van der Waals surface area contributed by atoms with Gasteiger partial charge in [0.05, 0.1) is 16.7 Å². The Bertz CT molecular complexity index is 1520. The highest BCUT2D eigenvalue weighted by atomic mass is 32.1. The molecule has 4 nitrogen and oxygen atoms in total. The lowest BCUT2D eigenvalue weighted by Gasteiger charge is -2.17. The quantitative estimate of drug-likeness (QED) is 0.190. The predicted molar refractivity (Wildman–Crippen MR) is 143 cm³/mol. The van der Waals surface area contributed by atoms with E-state index in [1.54, 1.807) is 23.7 Å². The molecule has 0 radical (unpaired) electrons. The van der Waals surface area contributed by atoms with Crippen molar-refractivity contribution in [2.45, 2.75) is 13.3 Å². The van der Waals surface area contributed by atoms with Crippen LogP contribution in [0.5, 0.6) is 0 Å². The normalized spacial score (nSPS) is 12.3. The molecule has 5 aromatic rings. The van der Waals surface area contributed by atoms with Crippen LogP contribution >= 0.6 is 11.3 Å². The summed E-state index contributed by atoms with van der Waals surface area (Å²) < 4.78 is 5.55. The fourth-order valence-corrected chi connectivity index (χ4v) is 4.91. The second kappa shape index (κ2) is 9.95. The van der Waals surface area contributed by atoms with Gasteiger partial charge in [0.2, 0.25) is 0 Å². The van der Waals surface area contributed by atoms with E-state index in [9.17, 15) is 4.79 Å². The van der Waals surface area contributed by atoms with Crippen molar-refractivity contribution in [2.24, 2.45) is 0 Å². The fourth-order valence-electron chi connectivity index (χ4n) is 4.28. The molecule has 0 saturated heterocycles. The Morgan fingerprint density at radius 2 is 1.69 bits per heavy atom. The van der Waals surface area contributed by atoms with Gasteiger partial charge in [-0.3, -0.25) is 4.98 Å². The van der Waals surface area contributed by atoms with E-state index < -0.39 is 5.97 Å². The number of benzene rings is 3. The van der Waals surface area contributed by atoms with Gasteiger partial charge < -0.3 is 9.52 Å². The minimum absolute atomic E-state index is 0.842. The van der Waals surface area contributed by atoms with Gasteiger partial charge in [0, 0.05) is 17.7 Å². The molecule has 5 rings (SSSR count). The van der Waals surface area contributed by atoms with Crippen LogP contribution in [0.25, 0.3) is 38.6 Å². The van der Waals surface area contributed by atoms with E-state index in [2.05, 4.69) is 60.4 Å². The molecule has 0 aliphatic heterocycles. The Kier molecular flexibility index (Phi) is 6.42. The van der Waals surface area contributed by atoms with Crippen molar-refractivity contribution >= 4 is 45.5 Å². The first-order valence-electron chi connectivity index (χ1n) is 11.3. The molecule has 0 atom stereocenters. The Balaban J connectivity index is 1.65. The maximum Gasteiger partial charge on any atom is 0.328 e. The standard InChI is InChI=1S/C30H23NO3S/c1-2-26(24-12-13-27-25(17-24)15-16-34-27)30(22-6-3-20(4-7-22)5-14-29(32)33)23-10-8-21(9-11-23)28-18-31-19-35-28/h3-19H,2H2,1H3,(H,32,33). The molecule has 0 bridgehead atoms. The van der Waals surface area contributed by atoms with Crippen molar-refractivity contribution in [1.82, 2.24) is 4.98 Å². The number of thiazole rings is 1. The lowest BCUT2D eigenvalue weighted by atomic mass is 9.87. The smallest absolute Gasteiger partial charge is 0.328 e. The van der Waals surface area contributed by atoms with E-state index in [-0.39, 0.29) is 0 Å². The average Bonchev–Trinajstić information content (AvgIpc) is 3.59. The van der Waals surface area contributed by atoms with Gasteiger partial charge in [-0.2, -0.15) is 0 Å². The number of hydrogen-bond donors (Lipinski definition) is 1. The molecule has 2 aromatic heterocycles.